The van der Waals surface area contributed by atoms with Gasteiger partial charge >= 0.3 is 5.97 Å². The lowest BCUT2D eigenvalue weighted by molar-refractivity contribution is -0.137. The van der Waals surface area contributed by atoms with Crippen LogP contribution >= 0.6 is 0 Å². The highest BCUT2D eigenvalue weighted by molar-refractivity contribution is 6.09. The quantitative estimate of drug-likeness (QED) is 0.412. The standard InChI is InChI=1S/C23H18N4O6/c1-2-18(28)14-8-7-13(17-11-27(26-25-17)12-22(30)31)9-16(14)24-23(32)21-10-19(29)15-5-3-4-6-20(15)33-21/h3-11H,2,12H2,1H3,(H,24,32)(H,30,31). The summed E-state index contributed by atoms with van der Waals surface area (Å²) in [7, 11) is 0. The first-order valence-corrected chi connectivity index (χ1v) is 9.99. The van der Waals surface area contributed by atoms with Crippen molar-refractivity contribution in [2.45, 2.75) is 19.9 Å². The molecule has 2 aromatic carbocycles. The fourth-order valence-corrected chi connectivity index (χ4v) is 3.29. The van der Waals surface area contributed by atoms with E-state index in [9.17, 15) is 19.2 Å². The normalized spacial score (nSPS) is 10.8. The third-order valence-corrected chi connectivity index (χ3v) is 4.88. The predicted octanol–water partition coefficient (Wildman–Crippen LogP) is 2.98. The molecule has 0 spiro atoms. The van der Waals surface area contributed by atoms with E-state index in [2.05, 4.69) is 15.6 Å². The molecule has 0 saturated carbocycles. The number of fused-ring (bicyclic) bond motifs is 1. The van der Waals surface area contributed by atoms with E-state index in [1.54, 1.807) is 43.3 Å². The molecule has 2 aromatic heterocycles. The van der Waals surface area contributed by atoms with Gasteiger partial charge in [-0.15, -0.1) is 5.10 Å². The van der Waals surface area contributed by atoms with Crippen molar-refractivity contribution in [2.75, 3.05) is 5.32 Å². The average molecular weight is 446 g/mol. The summed E-state index contributed by atoms with van der Waals surface area (Å²) in [5.74, 6) is -2.17. The Hall–Kier alpha value is -4.60. The van der Waals surface area contributed by atoms with Gasteiger partial charge in [-0.3, -0.25) is 19.2 Å². The van der Waals surface area contributed by atoms with Gasteiger partial charge in [0.05, 0.1) is 17.3 Å². The summed E-state index contributed by atoms with van der Waals surface area (Å²) in [5, 5.41) is 19.6. The molecule has 2 N–H and O–H groups in total. The van der Waals surface area contributed by atoms with Gasteiger partial charge < -0.3 is 14.8 Å². The molecule has 2 heterocycles. The topological polar surface area (TPSA) is 144 Å². The fourth-order valence-electron chi connectivity index (χ4n) is 3.29. The van der Waals surface area contributed by atoms with Crippen LogP contribution in [-0.2, 0) is 11.3 Å². The number of carboxylic acid groups (broad SMARTS) is 1. The number of aliphatic carboxylic acids is 1. The second-order valence-corrected chi connectivity index (χ2v) is 7.16. The molecule has 4 aromatic rings. The Morgan fingerprint density at radius 3 is 2.67 bits per heavy atom. The van der Waals surface area contributed by atoms with Crippen LogP contribution in [0.3, 0.4) is 0 Å². The van der Waals surface area contributed by atoms with E-state index in [1.807, 2.05) is 0 Å². The summed E-state index contributed by atoms with van der Waals surface area (Å²) >= 11 is 0. The lowest BCUT2D eigenvalue weighted by Crippen LogP contribution is -2.17. The Kier molecular flexibility index (Phi) is 5.81. The van der Waals surface area contributed by atoms with Crippen LogP contribution in [0.25, 0.3) is 22.2 Å². The van der Waals surface area contributed by atoms with Crippen LogP contribution in [0.2, 0.25) is 0 Å². The number of benzene rings is 2. The van der Waals surface area contributed by atoms with Gasteiger partial charge in [0.1, 0.15) is 17.8 Å². The Labute approximate surface area is 186 Å². The Morgan fingerprint density at radius 2 is 1.91 bits per heavy atom. The highest BCUT2D eigenvalue weighted by Gasteiger charge is 2.18. The number of carbonyl (C=O) groups excluding carboxylic acids is 2. The number of anilines is 1. The first-order chi connectivity index (χ1) is 15.9. The molecule has 0 aliphatic heterocycles. The fraction of sp³-hybridized carbons (Fsp3) is 0.130. The molecule has 0 aliphatic rings. The smallest absolute Gasteiger partial charge is 0.325 e. The Balaban J connectivity index is 1.70. The van der Waals surface area contributed by atoms with Crippen LogP contribution < -0.4 is 10.7 Å². The van der Waals surface area contributed by atoms with E-state index in [-0.39, 0.29) is 46.8 Å². The van der Waals surface area contributed by atoms with Crippen molar-refractivity contribution in [1.82, 2.24) is 15.0 Å². The van der Waals surface area contributed by atoms with Crippen molar-refractivity contribution in [3.63, 3.8) is 0 Å². The van der Waals surface area contributed by atoms with Crippen LogP contribution in [0.5, 0.6) is 0 Å². The molecule has 0 unspecified atom stereocenters. The number of nitrogens with zero attached hydrogens (tertiary/aromatic N) is 3. The zero-order valence-electron chi connectivity index (χ0n) is 17.4. The zero-order chi connectivity index (χ0) is 23.5. The van der Waals surface area contributed by atoms with Crippen LogP contribution in [-0.4, -0.2) is 37.8 Å². The first-order valence-electron chi connectivity index (χ1n) is 9.99. The summed E-state index contributed by atoms with van der Waals surface area (Å²) < 4.78 is 6.74. The molecule has 0 fully saturated rings. The minimum atomic E-state index is -1.07. The highest BCUT2D eigenvalue weighted by atomic mass is 16.4. The predicted molar refractivity (Wildman–Crippen MR) is 118 cm³/mol. The van der Waals surface area contributed by atoms with Crippen LogP contribution in [0.4, 0.5) is 5.69 Å². The largest absolute Gasteiger partial charge is 0.480 e. The van der Waals surface area contributed by atoms with Crippen molar-refractivity contribution < 1.29 is 23.9 Å². The van der Waals surface area contributed by atoms with Gasteiger partial charge in [-0.25, -0.2) is 4.68 Å². The van der Waals surface area contributed by atoms with Gasteiger partial charge in [0.15, 0.2) is 17.0 Å². The van der Waals surface area contributed by atoms with Crippen molar-refractivity contribution in [2.24, 2.45) is 0 Å². The minimum absolute atomic E-state index is 0.202. The third-order valence-electron chi connectivity index (χ3n) is 4.88. The van der Waals surface area contributed by atoms with Crippen LogP contribution in [0, 0.1) is 0 Å². The first kappa shape index (κ1) is 21.6. The number of amides is 1. The minimum Gasteiger partial charge on any atom is -0.480 e. The molecule has 4 rings (SSSR count). The number of nitrogens with one attached hydrogen (secondary N) is 1. The molecule has 10 nitrogen and oxygen atoms in total. The van der Waals surface area contributed by atoms with E-state index < -0.39 is 11.9 Å². The van der Waals surface area contributed by atoms with Crippen molar-refractivity contribution in [1.29, 1.82) is 0 Å². The molecule has 0 atom stereocenters. The summed E-state index contributed by atoms with van der Waals surface area (Å²) in [4.78, 5) is 48.5. The lowest BCUT2D eigenvalue weighted by Gasteiger charge is -2.11. The van der Waals surface area contributed by atoms with E-state index in [0.717, 1.165) is 10.7 Å². The molecule has 0 bridgehead atoms. The van der Waals surface area contributed by atoms with Crippen LogP contribution in [0.1, 0.15) is 34.3 Å². The third kappa shape index (κ3) is 4.54. The maximum Gasteiger partial charge on any atom is 0.325 e. The highest BCUT2D eigenvalue weighted by Crippen LogP contribution is 2.26. The van der Waals surface area contributed by atoms with Crippen molar-refractivity contribution in [3.05, 3.63) is 76.3 Å². The monoisotopic (exact) mass is 446 g/mol. The summed E-state index contributed by atoms with van der Waals surface area (Å²) in [6.45, 7) is 1.34. The van der Waals surface area contributed by atoms with E-state index in [4.69, 9.17) is 9.52 Å². The zero-order valence-corrected chi connectivity index (χ0v) is 17.4. The second-order valence-electron chi connectivity index (χ2n) is 7.16. The Bertz CT molecular complexity index is 1450. The number of hydrogen-bond donors (Lipinski definition) is 2. The summed E-state index contributed by atoms with van der Waals surface area (Å²) in [6, 6.07) is 12.4. The molecular formula is C23H18N4O6. The molecule has 33 heavy (non-hydrogen) atoms. The molecule has 0 saturated heterocycles. The second kappa shape index (κ2) is 8.87. The number of Topliss-reactive ketones (excluding diaryl/α,β-unsaturated/α-hetero) is 1. The van der Waals surface area contributed by atoms with Gasteiger partial charge in [0.2, 0.25) is 0 Å². The molecule has 0 aliphatic carbocycles. The lowest BCUT2D eigenvalue weighted by atomic mass is 10.0. The number of carbonyl (C=O) groups is 3. The molecule has 10 heteroatoms. The summed E-state index contributed by atoms with van der Waals surface area (Å²) in [5.41, 5.74) is 1.25. The van der Waals surface area contributed by atoms with Gasteiger partial charge in [0, 0.05) is 23.6 Å². The van der Waals surface area contributed by atoms with Crippen molar-refractivity contribution in [3.8, 4) is 11.3 Å². The number of rotatable bonds is 7. The Morgan fingerprint density at radius 1 is 1.12 bits per heavy atom. The number of ketones is 1. The van der Waals surface area contributed by atoms with Gasteiger partial charge in [-0.05, 0) is 24.3 Å². The van der Waals surface area contributed by atoms with Crippen LogP contribution in [0.15, 0.2) is 63.9 Å². The maximum atomic E-state index is 12.9. The van der Waals surface area contributed by atoms with Gasteiger partial charge in [-0.1, -0.05) is 30.3 Å². The molecule has 166 valence electrons. The van der Waals surface area contributed by atoms with Gasteiger partial charge in [-0.2, -0.15) is 0 Å². The number of carboxylic acids is 1. The average Bonchev–Trinajstić information content (AvgIpc) is 3.26. The molecular weight excluding hydrogens is 428 g/mol. The number of aromatic nitrogens is 3. The SMILES string of the molecule is CCC(=O)c1ccc(-c2cn(CC(=O)O)nn2)cc1NC(=O)c1cc(=O)c2ccccc2o1. The molecule has 1 amide bonds. The summed E-state index contributed by atoms with van der Waals surface area (Å²) in [6.07, 6.45) is 1.65. The number of hydrogen-bond acceptors (Lipinski definition) is 7. The van der Waals surface area contributed by atoms with Gasteiger partial charge in [0.25, 0.3) is 5.91 Å². The number of para-hydroxylation sites is 1. The van der Waals surface area contributed by atoms with Crippen molar-refractivity contribution >= 4 is 34.3 Å². The van der Waals surface area contributed by atoms with E-state index >= 15 is 0 Å². The van der Waals surface area contributed by atoms with E-state index in [1.165, 1.54) is 12.3 Å². The van der Waals surface area contributed by atoms with E-state index in [0.29, 0.717) is 16.6 Å². The maximum absolute atomic E-state index is 12.9. The molecule has 0 radical (unpaired) electrons.